The minimum Gasteiger partial charge on any atom is -0.588 e. The first-order valence-electron chi connectivity index (χ1n) is 2.11. The summed E-state index contributed by atoms with van der Waals surface area (Å²) in [4.78, 5) is 9.61. The Labute approximate surface area is 62.1 Å². The van der Waals surface area contributed by atoms with Crippen LogP contribution in [0.4, 0.5) is 0 Å². The van der Waals surface area contributed by atoms with Crippen molar-refractivity contribution in [2.75, 3.05) is 6.61 Å². The Kier molecular flexibility index (Phi) is 9.98. The molecule has 0 aliphatic heterocycles. The third kappa shape index (κ3) is 9.51. The fourth-order valence-corrected chi connectivity index (χ4v) is 0.556. The Morgan fingerprint density at radius 3 is 2.38 bits per heavy atom. The maximum Gasteiger partial charge on any atom is 1.00 e. The van der Waals surface area contributed by atoms with Crippen LogP contribution in [0.15, 0.2) is 0 Å². The zero-order valence-corrected chi connectivity index (χ0v) is 6.14. The molecule has 0 fully saturated rings. The molecule has 0 spiro atoms. The van der Waals surface area contributed by atoms with Crippen LogP contribution in [0.25, 0.3) is 0 Å². The summed E-state index contributed by atoms with van der Waals surface area (Å²) in [5.74, 6) is 0. The minimum atomic E-state index is -2.90. The van der Waals surface area contributed by atoms with Crippen molar-refractivity contribution in [3.63, 3.8) is 0 Å². The molecule has 0 aliphatic rings. The van der Waals surface area contributed by atoms with E-state index in [1.165, 1.54) is 0 Å². The Morgan fingerprint density at radius 2 is 2.25 bits per heavy atom. The standard InChI is InChI=1S/C3H7O3Si.Li/c1-2-3-6-7(4)5;/h2-3H2,1H3;/q-1;+1. The topological polar surface area (TPSA) is 49.4 Å². The smallest absolute Gasteiger partial charge is 0.588 e. The first-order valence-corrected chi connectivity index (χ1v) is 3.33. The molecule has 8 heavy (non-hydrogen) atoms. The molecule has 0 N–H and O–H groups in total. The van der Waals surface area contributed by atoms with Crippen LogP contribution in [-0.2, 0) is 8.89 Å². The fourth-order valence-electron chi connectivity index (χ4n) is 0.185. The second kappa shape index (κ2) is 7.21. The van der Waals surface area contributed by atoms with Gasteiger partial charge in [-0.1, -0.05) is 6.92 Å². The molecule has 0 radical (unpaired) electrons. The Hall–Kier alpha value is 0.214. The van der Waals surface area contributed by atoms with E-state index >= 15 is 0 Å². The monoisotopic (exact) mass is 126 g/mol. The molecule has 0 atom stereocenters. The van der Waals surface area contributed by atoms with Crippen molar-refractivity contribution in [3.05, 3.63) is 0 Å². The quantitative estimate of drug-likeness (QED) is 0.364. The summed E-state index contributed by atoms with van der Waals surface area (Å²) in [6.07, 6.45) is 0.749. The SMILES string of the molecule is CCCO[Si](=O)[O-].[Li+]. The van der Waals surface area contributed by atoms with Crippen molar-refractivity contribution in [1.29, 1.82) is 0 Å². The molecule has 0 aromatic heterocycles. The van der Waals surface area contributed by atoms with E-state index < -0.39 is 9.17 Å². The van der Waals surface area contributed by atoms with Crippen LogP contribution in [-0.4, -0.2) is 15.8 Å². The summed E-state index contributed by atoms with van der Waals surface area (Å²) in [7, 11) is -2.90. The van der Waals surface area contributed by atoms with Gasteiger partial charge in [-0.3, -0.25) is 0 Å². The molecule has 5 heteroatoms. The van der Waals surface area contributed by atoms with E-state index in [1.54, 1.807) is 0 Å². The maximum absolute atomic E-state index is 9.61. The van der Waals surface area contributed by atoms with E-state index in [0.29, 0.717) is 6.61 Å². The van der Waals surface area contributed by atoms with Gasteiger partial charge in [-0.05, 0) is 6.42 Å². The molecule has 0 aromatic carbocycles. The van der Waals surface area contributed by atoms with Crippen molar-refractivity contribution in [2.24, 2.45) is 0 Å². The van der Waals surface area contributed by atoms with Crippen LogP contribution in [0.3, 0.4) is 0 Å². The van der Waals surface area contributed by atoms with Gasteiger partial charge in [0.25, 0.3) is 0 Å². The Morgan fingerprint density at radius 1 is 1.75 bits per heavy atom. The third-order valence-electron chi connectivity index (χ3n) is 0.424. The van der Waals surface area contributed by atoms with Gasteiger partial charge in [-0.2, -0.15) is 0 Å². The van der Waals surface area contributed by atoms with Crippen molar-refractivity contribution in [2.45, 2.75) is 13.3 Å². The second-order valence-electron chi connectivity index (χ2n) is 1.10. The summed E-state index contributed by atoms with van der Waals surface area (Å²) in [6, 6.07) is 0. The van der Waals surface area contributed by atoms with Crippen LogP contribution in [0.2, 0.25) is 0 Å². The first-order chi connectivity index (χ1) is 3.27. The first kappa shape index (κ1) is 11.1. The van der Waals surface area contributed by atoms with Gasteiger partial charge in [0.05, 0.1) is 0 Å². The number of hydrogen-bond acceptors (Lipinski definition) is 3. The van der Waals surface area contributed by atoms with E-state index in [-0.39, 0.29) is 18.9 Å². The zero-order valence-electron chi connectivity index (χ0n) is 5.14. The van der Waals surface area contributed by atoms with Gasteiger partial charge < -0.3 is 13.7 Å². The van der Waals surface area contributed by atoms with Gasteiger partial charge >= 0.3 is 28.0 Å². The molecule has 0 aromatic rings. The van der Waals surface area contributed by atoms with Crippen molar-refractivity contribution < 1.29 is 32.5 Å². The average Bonchev–Trinajstić information content (AvgIpc) is 1.61. The van der Waals surface area contributed by atoms with Gasteiger partial charge in [0, 0.05) is 6.61 Å². The van der Waals surface area contributed by atoms with E-state index in [2.05, 4.69) is 4.43 Å². The fraction of sp³-hybridized carbons (Fsp3) is 1.00. The molecule has 0 saturated carbocycles. The molecule has 42 valence electrons. The van der Waals surface area contributed by atoms with E-state index in [1.807, 2.05) is 6.92 Å². The molecular weight excluding hydrogens is 119 g/mol. The molecule has 0 bridgehead atoms. The van der Waals surface area contributed by atoms with Crippen LogP contribution in [0.5, 0.6) is 0 Å². The van der Waals surface area contributed by atoms with Gasteiger partial charge in [0.2, 0.25) is 0 Å². The van der Waals surface area contributed by atoms with Crippen molar-refractivity contribution in [1.82, 2.24) is 0 Å². The van der Waals surface area contributed by atoms with Crippen LogP contribution in [0.1, 0.15) is 13.3 Å². The van der Waals surface area contributed by atoms with Crippen molar-refractivity contribution in [3.8, 4) is 0 Å². The summed E-state index contributed by atoms with van der Waals surface area (Å²) < 4.78 is 13.8. The van der Waals surface area contributed by atoms with Crippen molar-refractivity contribution >= 4 is 9.17 Å². The number of hydrogen-bond donors (Lipinski definition) is 0. The summed E-state index contributed by atoms with van der Waals surface area (Å²) >= 11 is 0. The predicted octanol–water partition coefficient (Wildman–Crippen LogP) is -3.81. The molecular formula is C3H7LiO3Si. The average molecular weight is 126 g/mol. The molecule has 0 rings (SSSR count). The van der Waals surface area contributed by atoms with Crippen LogP contribution >= 0.6 is 0 Å². The normalized spacial score (nSPS) is 7.12. The van der Waals surface area contributed by atoms with Crippen LogP contribution < -0.4 is 23.7 Å². The van der Waals surface area contributed by atoms with Gasteiger partial charge in [-0.25, -0.2) is 0 Å². The molecule has 0 heterocycles. The summed E-state index contributed by atoms with van der Waals surface area (Å²) in [5.41, 5.74) is 0. The largest absolute Gasteiger partial charge is 1.00 e. The maximum atomic E-state index is 9.61. The summed E-state index contributed by atoms with van der Waals surface area (Å²) in [5, 5.41) is 0. The third-order valence-corrected chi connectivity index (χ3v) is 0.864. The Balaban J connectivity index is 0. The van der Waals surface area contributed by atoms with Gasteiger partial charge in [-0.15, -0.1) is 0 Å². The molecule has 0 amide bonds. The molecule has 3 nitrogen and oxygen atoms in total. The van der Waals surface area contributed by atoms with E-state index in [9.17, 15) is 9.26 Å². The molecule has 0 saturated heterocycles. The van der Waals surface area contributed by atoms with E-state index in [4.69, 9.17) is 0 Å². The zero-order chi connectivity index (χ0) is 5.70. The predicted molar refractivity (Wildman–Crippen MR) is 22.7 cm³/mol. The Bertz CT molecular complexity index is 67.5. The minimum absolute atomic E-state index is 0. The second-order valence-corrected chi connectivity index (χ2v) is 1.89. The van der Waals surface area contributed by atoms with Gasteiger partial charge in [0.1, 0.15) is 0 Å². The molecule has 0 aliphatic carbocycles. The van der Waals surface area contributed by atoms with Crippen LogP contribution in [0, 0.1) is 0 Å². The van der Waals surface area contributed by atoms with Gasteiger partial charge in [0.15, 0.2) is 0 Å². The molecule has 0 unspecified atom stereocenters. The summed E-state index contributed by atoms with van der Waals surface area (Å²) in [6.45, 7) is 2.17. The number of rotatable bonds is 3. The van der Waals surface area contributed by atoms with E-state index in [0.717, 1.165) is 6.42 Å².